The minimum atomic E-state index is -0.780. The van der Waals surface area contributed by atoms with Crippen LogP contribution in [0.15, 0.2) is 4.99 Å². The first-order chi connectivity index (χ1) is 14.5. The number of rotatable bonds is 22. The molecule has 6 N–H and O–H groups in total. The third kappa shape index (κ3) is 18.7. The summed E-state index contributed by atoms with van der Waals surface area (Å²) < 4.78 is 0. The van der Waals surface area contributed by atoms with Gasteiger partial charge in [-0.1, -0.05) is 90.9 Å². The van der Waals surface area contributed by atoms with Gasteiger partial charge < -0.3 is 21.9 Å². The van der Waals surface area contributed by atoms with Gasteiger partial charge in [0, 0.05) is 6.54 Å². The van der Waals surface area contributed by atoms with Crippen molar-refractivity contribution in [1.82, 2.24) is 5.32 Å². The molecule has 0 bridgehead atoms. The van der Waals surface area contributed by atoms with E-state index < -0.39 is 12.0 Å². The summed E-state index contributed by atoms with van der Waals surface area (Å²) in [5, 5.41) is 12.9. The van der Waals surface area contributed by atoms with Crippen LogP contribution in [0.2, 0.25) is 0 Å². The van der Waals surface area contributed by atoms with Gasteiger partial charge in [-0.05, 0) is 38.1 Å². The Hall–Kier alpha value is -1.30. The minimum absolute atomic E-state index is 0.0627. The average Bonchev–Trinajstić information content (AvgIpc) is 2.71. The second-order valence-corrected chi connectivity index (χ2v) is 8.73. The lowest BCUT2D eigenvalue weighted by atomic mass is 9.93. The van der Waals surface area contributed by atoms with Gasteiger partial charge >= 0.3 is 5.97 Å². The van der Waals surface area contributed by atoms with E-state index in [4.69, 9.17) is 11.5 Å². The molecular weight excluding hydrogens is 376 g/mol. The van der Waals surface area contributed by atoms with E-state index in [1.807, 2.05) is 0 Å². The Bertz CT molecular complexity index is 425. The van der Waals surface area contributed by atoms with E-state index in [1.54, 1.807) is 0 Å². The van der Waals surface area contributed by atoms with E-state index in [9.17, 15) is 9.90 Å². The van der Waals surface area contributed by atoms with Gasteiger partial charge in [-0.2, -0.15) is 0 Å². The van der Waals surface area contributed by atoms with Gasteiger partial charge in [-0.3, -0.25) is 9.79 Å². The lowest BCUT2D eigenvalue weighted by Crippen LogP contribution is -2.39. The number of nitrogens with one attached hydrogen (secondary N) is 1. The number of hydrogen-bond donors (Lipinski definition) is 4. The maximum absolute atomic E-state index is 11.6. The minimum Gasteiger partial charge on any atom is -0.480 e. The summed E-state index contributed by atoms with van der Waals surface area (Å²) in [6.07, 6.45) is 19.3. The number of nitrogens with two attached hydrogens (primary N) is 2. The number of aliphatic carboxylic acids is 1. The van der Waals surface area contributed by atoms with Gasteiger partial charge in [0.2, 0.25) is 0 Å². The van der Waals surface area contributed by atoms with Gasteiger partial charge in [0.25, 0.3) is 0 Å². The van der Waals surface area contributed by atoms with E-state index in [2.05, 4.69) is 24.2 Å². The second-order valence-electron chi connectivity index (χ2n) is 8.73. The first-order valence-corrected chi connectivity index (χ1v) is 12.5. The van der Waals surface area contributed by atoms with Gasteiger partial charge in [-0.25, -0.2) is 0 Å². The smallest absolute Gasteiger partial charge is 0.320 e. The Kier molecular flexibility index (Phi) is 20.0. The summed E-state index contributed by atoms with van der Waals surface area (Å²) in [7, 11) is 0. The van der Waals surface area contributed by atoms with E-state index in [0.717, 1.165) is 6.54 Å². The Balaban J connectivity index is 4.33. The Morgan fingerprint density at radius 1 is 0.800 bits per heavy atom. The highest BCUT2D eigenvalue weighted by molar-refractivity contribution is 5.75. The average molecular weight is 427 g/mol. The number of carbonyl (C=O) groups is 1. The van der Waals surface area contributed by atoms with Gasteiger partial charge in [0.1, 0.15) is 6.04 Å². The molecule has 6 nitrogen and oxygen atoms in total. The number of unbranched alkanes of at least 4 members (excludes halogenated alkanes) is 10. The lowest BCUT2D eigenvalue weighted by Gasteiger charge is -2.21. The van der Waals surface area contributed by atoms with Crippen molar-refractivity contribution >= 4 is 11.9 Å². The van der Waals surface area contributed by atoms with Crippen molar-refractivity contribution in [3.05, 3.63) is 0 Å². The highest BCUT2D eigenvalue weighted by atomic mass is 16.4. The molecule has 6 heteroatoms. The third-order valence-corrected chi connectivity index (χ3v) is 5.83. The summed E-state index contributed by atoms with van der Waals surface area (Å²) in [5.74, 6) is -0.146. The zero-order chi connectivity index (χ0) is 22.5. The quantitative estimate of drug-likeness (QED) is 0.108. The van der Waals surface area contributed by atoms with Crippen molar-refractivity contribution in [2.24, 2.45) is 22.4 Å². The fraction of sp³-hybridized carbons (Fsp3) is 0.917. The number of hydrogen-bond acceptors (Lipinski definition) is 3. The van der Waals surface area contributed by atoms with E-state index in [0.29, 0.717) is 25.3 Å². The fourth-order valence-electron chi connectivity index (χ4n) is 3.90. The predicted molar refractivity (Wildman–Crippen MR) is 129 cm³/mol. The molecule has 0 amide bonds. The Morgan fingerprint density at radius 2 is 1.30 bits per heavy atom. The summed E-state index contributed by atoms with van der Waals surface area (Å²) >= 11 is 0. The topological polar surface area (TPSA) is 114 Å². The molecule has 0 aromatic carbocycles. The molecule has 0 saturated heterocycles. The van der Waals surface area contributed by atoms with Crippen LogP contribution < -0.4 is 16.8 Å². The van der Waals surface area contributed by atoms with Crippen LogP contribution in [0.1, 0.15) is 117 Å². The van der Waals surface area contributed by atoms with Gasteiger partial charge in [-0.15, -0.1) is 0 Å². The Morgan fingerprint density at radius 3 is 1.77 bits per heavy atom. The summed E-state index contributed by atoms with van der Waals surface area (Å²) in [6.45, 7) is 5.77. The molecule has 178 valence electrons. The van der Waals surface area contributed by atoms with Crippen LogP contribution in [0.5, 0.6) is 0 Å². The fourth-order valence-corrected chi connectivity index (χ4v) is 3.90. The molecule has 0 fully saturated rings. The highest BCUT2D eigenvalue weighted by Gasteiger charge is 2.18. The first-order valence-electron chi connectivity index (χ1n) is 12.5. The number of guanidine groups is 1. The maximum Gasteiger partial charge on any atom is 0.320 e. The van der Waals surface area contributed by atoms with E-state index in [1.165, 1.54) is 89.9 Å². The molecule has 2 unspecified atom stereocenters. The van der Waals surface area contributed by atoms with Crippen molar-refractivity contribution in [2.75, 3.05) is 13.1 Å². The molecule has 0 aliphatic carbocycles. The zero-order valence-electron chi connectivity index (χ0n) is 19.8. The molecule has 2 atom stereocenters. The molecular formula is C24H50N4O2. The third-order valence-electron chi connectivity index (χ3n) is 5.83. The van der Waals surface area contributed by atoms with Crippen LogP contribution >= 0.6 is 0 Å². The number of carboxylic acid groups (broad SMARTS) is 1. The van der Waals surface area contributed by atoms with E-state index >= 15 is 0 Å². The summed E-state index contributed by atoms with van der Waals surface area (Å²) in [5.41, 5.74) is 10.7. The van der Waals surface area contributed by atoms with Crippen LogP contribution in [-0.4, -0.2) is 36.2 Å². The predicted octanol–water partition coefficient (Wildman–Crippen LogP) is 5.20. The number of carboxylic acids is 1. The van der Waals surface area contributed by atoms with Crippen LogP contribution in [-0.2, 0) is 4.79 Å². The van der Waals surface area contributed by atoms with E-state index in [-0.39, 0.29) is 5.96 Å². The highest BCUT2D eigenvalue weighted by Crippen LogP contribution is 2.19. The van der Waals surface area contributed by atoms with Gasteiger partial charge in [0.05, 0.1) is 0 Å². The molecule has 0 aromatic rings. The second kappa shape index (κ2) is 21.0. The maximum atomic E-state index is 11.6. The summed E-state index contributed by atoms with van der Waals surface area (Å²) in [6, 6.07) is -0.518. The van der Waals surface area contributed by atoms with Crippen molar-refractivity contribution < 1.29 is 9.90 Å². The van der Waals surface area contributed by atoms with Gasteiger partial charge in [0.15, 0.2) is 5.96 Å². The van der Waals surface area contributed by atoms with Crippen LogP contribution in [0.4, 0.5) is 0 Å². The summed E-state index contributed by atoms with van der Waals surface area (Å²) in [4.78, 5) is 15.6. The zero-order valence-corrected chi connectivity index (χ0v) is 19.8. The first kappa shape index (κ1) is 28.7. The van der Waals surface area contributed by atoms with Crippen molar-refractivity contribution in [3.8, 4) is 0 Å². The van der Waals surface area contributed by atoms with Crippen molar-refractivity contribution in [2.45, 2.75) is 123 Å². The van der Waals surface area contributed by atoms with Crippen molar-refractivity contribution in [3.63, 3.8) is 0 Å². The van der Waals surface area contributed by atoms with Crippen molar-refractivity contribution in [1.29, 1.82) is 0 Å². The standard InChI is InChI=1S/C24H50N4O2/c1-3-5-7-9-10-12-14-17-21(16-13-11-8-6-4-2)20-28-22(23(29)30)18-15-19-27-24(25)26/h21-22,28H,3-20H2,1-2H3,(H,29,30)(H4,25,26,27). The van der Waals surface area contributed by atoms with Crippen LogP contribution in [0.25, 0.3) is 0 Å². The Labute approximate surface area is 185 Å². The molecule has 30 heavy (non-hydrogen) atoms. The molecule has 0 rings (SSSR count). The van der Waals surface area contributed by atoms with Crippen LogP contribution in [0.3, 0.4) is 0 Å². The number of nitrogens with zero attached hydrogens (tertiary/aromatic N) is 1. The molecule has 0 aliphatic heterocycles. The molecule has 0 spiro atoms. The largest absolute Gasteiger partial charge is 0.480 e. The number of aliphatic imine (C=N–C) groups is 1. The molecule has 0 radical (unpaired) electrons. The molecule has 0 aliphatic rings. The SMILES string of the molecule is CCCCCCCCCC(CCCCCCC)CNC(CCCN=C(N)N)C(=O)O. The lowest BCUT2D eigenvalue weighted by molar-refractivity contribution is -0.139. The molecule has 0 heterocycles. The monoisotopic (exact) mass is 426 g/mol. The molecule has 0 aromatic heterocycles. The van der Waals surface area contributed by atoms with Crippen LogP contribution in [0, 0.1) is 5.92 Å². The molecule has 0 saturated carbocycles. The normalized spacial score (nSPS) is 13.1.